The molecule has 1 heterocycles. The molecule has 0 saturated heterocycles. The molecule has 0 radical (unpaired) electrons. The van der Waals surface area contributed by atoms with Crippen molar-refractivity contribution in [3.05, 3.63) is 55.9 Å². The van der Waals surface area contributed by atoms with Crippen LogP contribution in [0.15, 0.2) is 45.5 Å². The Morgan fingerprint density at radius 2 is 2.05 bits per heavy atom. The zero-order chi connectivity index (χ0) is 14.7. The van der Waals surface area contributed by atoms with E-state index in [4.69, 9.17) is 0 Å². The number of rotatable bonds is 3. The minimum atomic E-state index is -0.477. The maximum atomic E-state index is 12.2. The van der Waals surface area contributed by atoms with Gasteiger partial charge >= 0.3 is 10.8 Å². The summed E-state index contributed by atoms with van der Waals surface area (Å²) in [6.45, 7) is 1.63. The number of aromatic nitrogens is 1. The summed E-state index contributed by atoms with van der Waals surface area (Å²) in [4.78, 5) is 35.1. The van der Waals surface area contributed by atoms with Gasteiger partial charge in [-0.15, -0.1) is 0 Å². The second-order valence-corrected chi connectivity index (χ2v) is 5.15. The predicted octanol–water partition coefficient (Wildman–Crippen LogP) is 1.54. The van der Waals surface area contributed by atoms with E-state index < -0.39 is 5.97 Å². The van der Waals surface area contributed by atoms with Crippen molar-refractivity contribution < 1.29 is 9.53 Å². The molecule has 0 saturated carbocycles. The maximum absolute atomic E-state index is 12.2. The maximum Gasteiger partial charge on any atom is 0.333 e. The van der Waals surface area contributed by atoms with E-state index in [1.54, 1.807) is 31.2 Å². The predicted molar refractivity (Wildman–Crippen MR) is 78.1 cm³/mol. The molecule has 5 nitrogen and oxygen atoms in total. The van der Waals surface area contributed by atoms with E-state index in [-0.39, 0.29) is 17.0 Å². The molecule has 1 aromatic heterocycles. The van der Waals surface area contributed by atoms with Gasteiger partial charge in [-0.3, -0.25) is 14.2 Å². The van der Waals surface area contributed by atoms with Gasteiger partial charge in [0, 0.05) is 16.8 Å². The number of hydrogen-bond donors (Lipinski definition) is 0. The summed E-state index contributed by atoms with van der Waals surface area (Å²) in [5.74, 6) is -0.477. The lowest BCUT2D eigenvalue weighted by molar-refractivity contribution is -0.136. The van der Waals surface area contributed by atoms with Gasteiger partial charge < -0.3 is 4.74 Å². The summed E-state index contributed by atoms with van der Waals surface area (Å²) in [5, 5.41) is 0.501. The topological polar surface area (TPSA) is 65.4 Å². The lowest BCUT2D eigenvalue weighted by Gasteiger charge is -2.03. The Morgan fingerprint density at radius 3 is 2.75 bits per heavy atom. The Labute approximate surface area is 118 Å². The number of esters is 1. The van der Waals surface area contributed by atoms with Crippen LogP contribution in [-0.2, 0) is 16.1 Å². The minimum Gasteiger partial charge on any atom is -0.466 e. The number of fused-ring (bicyclic) bond motifs is 1. The summed E-state index contributed by atoms with van der Waals surface area (Å²) >= 11 is 1.01. The van der Waals surface area contributed by atoms with Gasteiger partial charge in [0.1, 0.15) is 0 Å². The van der Waals surface area contributed by atoms with Crippen molar-refractivity contribution in [2.45, 2.75) is 13.5 Å². The molecular weight excluding hydrogens is 278 g/mol. The molecule has 0 bridgehead atoms. The highest BCUT2D eigenvalue weighted by Gasteiger charge is 2.08. The summed E-state index contributed by atoms with van der Waals surface area (Å²) in [7, 11) is 1.28. The first-order valence-electron chi connectivity index (χ1n) is 5.92. The van der Waals surface area contributed by atoms with E-state index >= 15 is 0 Å². The molecule has 2 aromatic rings. The van der Waals surface area contributed by atoms with Crippen molar-refractivity contribution in [3.8, 4) is 0 Å². The zero-order valence-electron chi connectivity index (χ0n) is 11.1. The van der Waals surface area contributed by atoms with Gasteiger partial charge in [-0.2, -0.15) is 0 Å². The lowest BCUT2D eigenvalue weighted by Crippen LogP contribution is -2.30. The molecule has 20 heavy (non-hydrogen) atoms. The van der Waals surface area contributed by atoms with Crippen LogP contribution in [0, 0.1) is 0 Å². The molecule has 6 heteroatoms. The molecule has 104 valence electrons. The first-order chi connectivity index (χ1) is 9.54. The average Bonchev–Trinajstić information content (AvgIpc) is 2.45. The molecule has 0 spiro atoms. The van der Waals surface area contributed by atoms with Gasteiger partial charge in [0.25, 0.3) is 5.56 Å². The Balaban J connectivity index is 2.48. The number of nitrogens with zero attached hydrogens (tertiary/aromatic N) is 1. The SMILES string of the molecule is COC(=O)/C(C)=C/Cn1c(=O)sc2ccccc2c1=O. The van der Waals surface area contributed by atoms with Crippen molar-refractivity contribution in [1.82, 2.24) is 4.57 Å². The number of carbonyl (C=O) groups excluding carboxylic acids is 1. The number of methoxy groups -OCH3 is 1. The molecule has 2 rings (SSSR count). The standard InChI is InChI=1S/C14H13NO4S/c1-9(13(17)19-2)7-8-15-12(16)10-5-3-4-6-11(10)20-14(15)18/h3-7H,8H2,1-2H3/b9-7+. The summed E-state index contributed by atoms with van der Waals surface area (Å²) < 4.78 is 6.33. The fourth-order valence-electron chi connectivity index (χ4n) is 1.74. The summed E-state index contributed by atoms with van der Waals surface area (Å²) in [5.41, 5.74) is 0.00947. The third kappa shape index (κ3) is 2.70. The Morgan fingerprint density at radius 1 is 1.35 bits per heavy atom. The smallest absolute Gasteiger partial charge is 0.333 e. The third-order valence-electron chi connectivity index (χ3n) is 2.87. The molecule has 0 aliphatic heterocycles. The third-order valence-corrected chi connectivity index (χ3v) is 3.84. The molecule has 0 aliphatic rings. The van der Waals surface area contributed by atoms with Crippen molar-refractivity contribution in [3.63, 3.8) is 0 Å². The first kappa shape index (κ1) is 14.2. The van der Waals surface area contributed by atoms with E-state index in [2.05, 4.69) is 4.74 Å². The van der Waals surface area contributed by atoms with Crippen LogP contribution in [0.5, 0.6) is 0 Å². The highest BCUT2D eigenvalue weighted by Crippen LogP contribution is 2.10. The summed E-state index contributed by atoms with van der Waals surface area (Å²) in [6.07, 6.45) is 1.51. The number of benzene rings is 1. The van der Waals surface area contributed by atoms with Crippen LogP contribution in [0.4, 0.5) is 0 Å². The fraction of sp³-hybridized carbons (Fsp3) is 0.214. The van der Waals surface area contributed by atoms with Gasteiger partial charge in [0.15, 0.2) is 0 Å². The Kier molecular flexibility index (Phi) is 4.14. The van der Waals surface area contributed by atoms with Crippen LogP contribution in [0.25, 0.3) is 10.1 Å². The molecular formula is C14H13NO4S. The Hall–Kier alpha value is -2.21. The minimum absolute atomic E-state index is 0.0555. The molecule has 0 aliphatic carbocycles. The fourth-order valence-corrected chi connectivity index (χ4v) is 2.61. The van der Waals surface area contributed by atoms with E-state index in [1.807, 2.05) is 0 Å². The summed E-state index contributed by atoms with van der Waals surface area (Å²) in [6, 6.07) is 6.95. The van der Waals surface area contributed by atoms with E-state index in [0.29, 0.717) is 15.7 Å². The monoisotopic (exact) mass is 291 g/mol. The highest BCUT2D eigenvalue weighted by molar-refractivity contribution is 7.16. The van der Waals surface area contributed by atoms with Gasteiger partial charge in [0.05, 0.1) is 12.5 Å². The average molecular weight is 291 g/mol. The van der Waals surface area contributed by atoms with Gasteiger partial charge in [-0.1, -0.05) is 29.5 Å². The van der Waals surface area contributed by atoms with Gasteiger partial charge in [-0.05, 0) is 19.1 Å². The Bertz CT molecular complexity index is 801. The number of ether oxygens (including phenoxy) is 1. The highest BCUT2D eigenvalue weighted by atomic mass is 32.1. The second kappa shape index (κ2) is 5.83. The lowest BCUT2D eigenvalue weighted by atomic mass is 10.2. The molecule has 0 fully saturated rings. The molecule has 0 amide bonds. The van der Waals surface area contributed by atoms with Crippen LogP contribution < -0.4 is 10.4 Å². The van der Waals surface area contributed by atoms with E-state index in [1.165, 1.54) is 13.2 Å². The molecule has 0 N–H and O–H groups in total. The number of carbonyl (C=O) groups is 1. The van der Waals surface area contributed by atoms with Gasteiger partial charge in [0.2, 0.25) is 0 Å². The van der Waals surface area contributed by atoms with Crippen molar-refractivity contribution in [1.29, 1.82) is 0 Å². The van der Waals surface area contributed by atoms with Crippen LogP contribution in [0.3, 0.4) is 0 Å². The van der Waals surface area contributed by atoms with E-state index in [0.717, 1.165) is 15.9 Å². The number of allylic oxidation sites excluding steroid dienone is 1. The van der Waals surface area contributed by atoms with Crippen LogP contribution >= 0.6 is 11.3 Å². The van der Waals surface area contributed by atoms with Crippen molar-refractivity contribution in [2.75, 3.05) is 7.11 Å². The number of hydrogen-bond acceptors (Lipinski definition) is 5. The first-order valence-corrected chi connectivity index (χ1v) is 6.74. The van der Waals surface area contributed by atoms with Crippen molar-refractivity contribution >= 4 is 27.4 Å². The van der Waals surface area contributed by atoms with E-state index in [9.17, 15) is 14.4 Å². The largest absolute Gasteiger partial charge is 0.466 e. The van der Waals surface area contributed by atoms with Gasteiger partial charge in [-0.25, -0.2) is 4.79 Å². The molecule has 1 aromatic carbocycles. The van der Waals surface area contributed by atoms with Crippen LogP contribution in [-0.4, -0.2) is 17.6 Å². The second-order valence-electron chi connectivity index (χ2n) is 4.16. The molecule has 0 atom stereocenters. The molecule has 0 unspecified atom stereocenters. The van der Waals surface area contributed by atoms with Crippen molar-refractivity contribution in [2.24, 2.45) is 0 Å². The quantitative estimate of drug-likeness (QED) is 0.635. The van der Waals surface area contributed by atoms with Crippen LogP contribution in [0.2, 0.25) is 0 Å². The zero-order valence-corrected chi connectivity index (χ0v) is 11.9. The van der Waals surface area contributed by atoms with Crippen LogP contribution in [0.1, 0.15) is 6.92 Å². The normalized spacial score (nSPS) is 11.6.